The third kappa shape index (κ3) is 4.69. The van der Waals surface area contributed by atoms with Crippen molar-refractivity contribution < 1.29 is 17.6 Å². The molecule has 32 heavy (non-hydrogen) atoms. The highest BCUT2D eigenvalue weighted by Gasteiger charge is 2.29. The highest BCUT2D eigenvalue weighted by Crippen LogP contribution is 2.34. The summed E-state index contributed by atoms with van der Waals surface area (Å²) in [5.74, 6) is -1.23. The van der Waals surface area contributed by atoms with E-state index in [4.69, 9.17) is 0 Å². The Labute approximate surface area is 185 Å². The first-order chi connectivity index (χ1) is 15.1. The number of pyridine rings is 1. The number of nitrogens with zero attached hydrogens (tertiary/aromatic N) is 4. The van der Waals surface area contributed by atoms with Crippen LogP contribution in [0.4, 0.5) is 4.39 Å². The molecule has 10 heteroatoms. The van der Waals surface area contributed by atoms with Gasteiger partial charge in [-0.2, -0.15) is 18.3 Å². The minimum absolute atomic E-state index is 0.0785. The number of rotatable bonds is 7. The van der Waals surface area contributed by atoms with E-state index in [0.717, 1.165) is 24.7 Å². The van der Waals surface area contributed by atoms with Crippen molar-refractivity contribution in [2.45, 2.75) is 57.0 Å². The van der Waals surface area contributed by atoms with E-state index in [9.17, 15) is 17.6 Å². The normalized spacial score (nSPS) is 14.0. The Morgan fingerprint density at radius 1 is 1.28 bits per heavy atom. The maximum atomic E-state index is 14.4. The van der Waals surface area contributed by atoms with E-state index in [-0.39, 0.29) is 23.4 Å². The first-order valence-electron chi connectivity index (χ1n) is 10.4. The number of benzene rings is 1. The third-order valence-corrected chi connectivity index (χ3v) is 6.53. The van der Waals surface area contributed by atoms with Crippen molar-refractivity contribution >= 4 is 15.9 Å². The summed E-state index contributed by atoms with van der Waals surface area (Å²) in [6.45, 7) is 5.61. The van der Waals surface area contributed by atoms with Crippen LogP contribution in [0, 0.1) is 12.7 Å². The molecule has 0 atom stereocenters. The smallest absolute Gasteiger partial charge is 0.274 e. The molecular formula is C22H24FN5O3S. The molecule has 0 bridgehead atoms. The van der Waals surface area contributed by atoms with Gasteiger partial charge in [-0.05, 0) is 72.2 Å². The fourth-order valence-electron chi connectivity index (χ4n) is 3.61. The van der Waals surface area contributed by atoms with Crippen molar-refractivity contribution in [2.75, 3.05) is 0 Å². The van der Waals surface area contributed by atoms with Crippen LogP contribution < -0.4 is 4.72 Å². The van der Waals surface area contributed by atoms with Crippen LogP contribution in [-0.4, -0.2) is 34.3 Å². The Bertz CT molecular complexity index is 1280. The van der Waals surface area contributed by atoms with Gasteiger partial charge < -0.3 is 0 Å². The molecule has 0 unspecified atom stereocenters. The Morgan fingerprint density at radius 2 is 2.03 bits per heavy atom. The SMILES string of the molecule is Cc1cc(-c2cc(F)cc(C(C)C)c2CC(=O)NS(=O)(=O)c2cnn(C3CC3)n2)ccn1. The van der Waals surface area contributed by atoms with Crippen molar-refractivity contribution in [1.82, 2.24) is 24.7 Å². The third-order valence-electron chi connectivity index (χ3n) is 5.30. The molecule has 1 fully saturated rings. The summed E-state index contributed by atoms with van der Waals surface area (Å²) in [5.41, 5.74) is 3.20. The van der Waals surface area contributed by atoms with E-state index in [1.165, 1.54) is 16.9 Å². The Morgan fingerprint density at radius 3 is 2.69 bits per heavy atom. The monoisotopic (exact) mass is 457 g/mol. The van der Waals surface area contributed by atoms with E-state index in [2.05, 4.69) is 19.9 Å². The number of halogens is 1. The number of sulfonamides is 1. The lowest BCUT2D eigenvalue weighted by molar-refractivity contribution is -0.118. The minimum Gasteiger partial charge on any atom is -0.274 e. The summed E-state index contributed by atoms with van der Waals surface area (Å²) in [7, 11) is -4.17. The molecule has 3 aromatic rings. The van der Waals surface area contributed by atoms with E-state index >= 15 is 0 Å². The second-order valence-corrected chi connectivity index (χ2v) is 9.93. The zero-order valence-electron chi connectivity index (χ0n) is 18.0. The minimum atomic E-state index is -4.17. The van der Waals surface area contributed by atoms with Gasteiger partial charge in [0.2, 0.25) is 10.9 Å². The van der Waals surface area contributed by atoms with Crippen LogP contribution >= 0.6 is 0 Å². The molecule has 1 N–H and O–H groups in total. The topological polar surface area (TPSA) is 107 Å². The zero-order valence-corrected chi connectivity index (χ0v) is 18.9. The van der Waals surface area contributed by atoms with Gasteiger partial charge in [-0.1, -0.05) is 13.8 Å². The molecule has 2 heterocycles. The van der Waals surface area contributed by atoms with Crippen LogP contribution in [-0.2, 0) is 21.2 Å². The van der Waals surface area contributed by atoms with Gasteiger partial charge >= 0.3 is 0 Å². The fourth-order valence-corrected chi connectivity index (χ4v) is 4.46. The predicted octanol–water partition coefficient (Wildman–Crippen LogP) is 3.29. The summed E-state index contributed by atoms with van der Waals surface area (Å²) in [5, 5.41) is 7.65. The Kier molecular flexibility index (Phi) is 5.81. The van der Waals surface area contributed by atoms with Gasteiger partial charge in [0.25, 0.3) is 10.0 Å². The average Bonchev–Trinajstić information content (AvgIpc) is 3.44. The molecule has 1 aromatic carbocycles. The molecule has 0 spiro atoms. The number of hydrogen-bond donors (Lipinski definition) is 1. The maximum absolute atomic E-state index is 14.4. The second-order valence-electron chi connectivity index (χ2n) is 8.30. The van der Waals surface area contributed by atoms with E-state index < -0.39 is 21.7 Å². The van der Waals surface area contributed by atoms with E-state index in [1.54, 1.807) is 18.3 Å². The largest absolute Gasteiger partial charge is 0.285 e. The van der Waals surface area contributed by atoms with Crippen LogP contribution in [0.1, 0.15) is 55.5 Å². The number of carbonyl (C=O) groups excluding carboxylic acids is 1. The van der Waals surface area contributed by atoms with E-state index in [1.807, 2.05) is 20.8 Å². The molecule has 2 aromatic heterocycles. The molecule has 1 aliphatic rings. The van der Waals surface area contributed by atoms with Gasteiger partial charge in [-0.3, -0.25) is 9.78 Å². The lowest BCUT2D eigenvalue weighted by Crippen LogP contribution is -2.32. The summed E-state index contributed by atoms with van der Waals surface area (Å²) < 4.78 is 41.8. The lowest BCUT2D eigenvalue weighted by atomic mass is 9.88. The first kappa shape index (κ1) is 22.1. The highest BCUT2D eigenvalue weighted by molar-refractivity contribution is 7.90. The summed E-state index contributed by atoms with van der Waals surface area (Å²) >= 11 is 0. The van der Waals surface area contributed by atoms with Gasteiger partial charge in [0, 0.05) is 11.9 Å². The van der Waals surface area contributed by atoms with Crippen molar-refractivity contribution in [3.05, 3.63) is 59.3 Å². The summed E-state index contributed by atoms with van der Waals surface area (Å²) in [6.07, 6.45) is 4.32. The first-order valence-corrected chi connectivity index (χ1v) is 11.8. The Hall–Kier alpha value is -3.14. The summed E-state index contributed by atoms with van der Waals surface area (Å²) in [4.78, 5) is 18.3. The zero-order chi connectivity index (χ0) is 23.0. The van der Waals surface area contributed by atoms with Gasteiger partial charge in [0.1, 0.15) is 5.82 Å². The average molecular weight is 458 g/mol. The number of aromatic nitrogens is 4. The molecule has 0 saturated heterocycles. The van der Waals surface area contributed by atoms with Crippen molar-refractivity contribution in [3.63, 3.8) is 0 Å². The van der Waals surface area contributed by atoms with Gasteiger partial charge in [0.15, 0.2) is 0 Å². The predicted molar refractivity (Wildman–Crippen MR) is 116 cm³/mol. The lowest BCUT2D eigenvalue weighted by Gasteiger charge is -2.18. The molecule has 0 radical (unpaired) electrons. The van der Waals surface area contributed by atoms with E-state index in [0.29, 0.717) is 22.3 Å². The van der Waals surface area contributed by atoms with Crippen LogP contribution in [0.3, 0.4) is 0 Å². The summed E-state index contributed by atoms with van der Waals surface area (Å²) in [6, 6.07) is 6.40. The van der Waals surface area contributed by atoms with Crippen LogP contribution in [0.2, 0.25) is 0 Å². The molecule has 1 amide bonds. The van der Waals surface area contributed by atoms with Crippen LogP contribution in [0.5, 0.6) is 0 Å². The van der Waals surface area contributed by atoms with Gasteiger partial charge in [-0.25, -0.2) is 9.11 Å². The number of carbonyl (C=O) groups is 1. The van der Waals surface area contributed by atoms with Crippen molar-refractivity contribution in [3.8, 4) is 11.1 Å². The Balaban J connectivity index is 1.65. The number of nitrogens with one attached hydrogen (secondary N) is 1. The highest BCUT2D eigenvalue weighted by atomic mass is 32.2. The fraction of sp³-hybridized carbons (Fsp3) is 0.364. The molecule has 8 nitrogen and oxygen atoms in total. The second kappa shape index (κ2) is 8.42. The number of amides is 1. The quantitative estimate of drug-likeness (QED) is 0.583. The molecular weight excluding hydrogens is 433 g/mol. The standard InChI is InChI=1S/C22H24FN5O3S/c1-13(2)18-9-16(23)10-19(15-6-7-24-14(3)8-15)20(18)11-21(29)27-32(30,31)22-12-25-28(26-22)17-4-5-17/h6-10,12-13,17H,4-5,11H2,1-3H3,(H,27,29). The van der Waals surface area contributed by atoms with Crippen molar-refractivity contribution in [2.24, 2.45) is 0 Å². The van der Waals surface area contributed by atoms with Crippen LogP contribution in [0.25, 0.3) is 11.1 Å². The maximum Gasteiger partial charge on any atom is 0.285 e. The molecule has 1 aliphatic carbocycles. The van der Waals surface area contributed by atoms with Crippen molar-refractivity contribution in [1.29, 1.82) is 0 Å². The molecule has 1 saturated carbocycles. The van der Waals surface area contributed by atoms with Gasteiger partial charge in [0.05, 0.1) is 18.7 Å². The van der Waals surface area contributed by atoms with Gasteiger partial charge in [-0.15, -0.1) is 5.10 Å². The number of hydrogen-bond acceptors (Lipinski definition) is 6. The molecule has 0 aliphatic heterocycles. The molecule has 4 rings (SSSR count). The molecule has 168 valence electrons. The van der Waals surface area contributed by atoms with Crippen LogP contribution in [0.15, 0.2) is 41.7 Å². The number of aryl methyl sites for hydroxylation is 1.